The first-order chi connectivity index (χ1) is 9.11. The number of aromatic carboxylic acids is 1. The first kappa shape index (κ1) is 14.0. The molecule has 0 aliphatic carbocycles. The molecule has 0 aliphatic rings. The van der Waals surface area contributed by atoms with E-state index in [1.165, 1.54) is 11.3 Å². The zero-order valence-electron chi connectivity index (χ0n) is 10.2. The first-order valence-corrected chi connectivity index (χ1v) is 7.32. The van der Waals surface area contributed by atoms with Crippen molar-refractivity contribution in [1.82, 2.24) is 14.8 Å². The van der Waals surface area contributed by atoms with E-state index < -0.39 is 5.97 Å². The molecular weight excluding hydrogens is 330 g/mol. The summed E-state index contributed by atoms with van der Waals surface area (Å²) in [7, 11) is 0. The van der Waals surface area contributed by atoms with Gasteiger partial charge in [-0.2, -0.15) is 5.10 Å². The molecule has 19 heavy (non-hydrogen) atoms. The van der Waals surface area contributed by atoms with Crippen LogP contribution in [0.4, 0.5) is 0 Å². The lowest BCUT2D eigenvalue weighted by atomic mass is 10.3. The highest BCUT2D eigenvalue weighted by Crippen LogP contribution is 2.26. The maximum atomic E-state index is 10.9. The van der Waals surface area contributed by atoms with Crippen LogP contribution < -0.4 is 0 Å². The van der Waals surface area contributed by atoms with Gasteiger partial charge in [0, 0.05) is 12.7 Å². The number of rotatable bonds is 5. The summed E-state index contributed by atoms with van der Waals surface area (Å²) in [5.41, 5.74) is 1.02. The summed E-state index contributed by atoms with van der Waals surface area (Å²) >= 11 is 4.49. The van der Waals surface area contributed by atoms with Crippen molar-refractivity contribution in [3.63, 3.8) is 0 Å². The maximum Gasteiger partial charge on any atom is 0.356 e. The van der Waals surface area contributed by atoms with Crippen LogP contribution in [-0.4, -0.2) is 25.8 Å². The Balaban J connectivity index is 2.20. The fourth-order valence-electron chi connectivity index (χ4n) is 1.56. The van der Waals surface area contributed by atoms with Gasteiger partial charge in [0.15, 0.2) is 5.69 Å². The van der Waals surface area contributed by atoms with Crippen molar-refractivity contribution >= 4 is 45.4 Å². The first-order valence-electron chi connectivity index (χ1n) is 5.71. The number of hydrogen-bond donors (Lipinski definition) is 1. The van der Waals surface area contributed by atoms with Crippen LogP contribution in [0.2, 0.25) is 0 Å². The minimum atomic E-state index is -1.03. The Morgan fingerprint density at radius 1 is 1.58 bits per heavy atom. The van der Waals surface area contributed by atoms with Crippen molar-refractivity contribution in [2.45, 2.75) is 19.9 Å². The van der Waals surface area contributed by atoms with Gasteiger partial charge in [-0.15, -0.1) is 11.3 Å². The molecule has 1 N–H and O–H groups in total. The second kappa shape index (κ2) is 6.12. The summed E-state index contributed by atoms with van der Waals surface area (Å²) < 4.78 is 2.43. The molecule has 2 rings (SSSR count). The van der Waals surface area contributed by atoms with E-state index in [0.29, 0.717) is 8.79 Å². The molecule has 0 spiro atoms. The number of carbonyl (C=O) groups is 1. The predicted octanol–water partition coefficient (Wildman–Crippen LogP) is 3.38. The number of aromatic nitrogens is 3. The lowest BCUT2D eigenvalue weighted by Crippen LogP contribution is -2.00. The number of nitrogens with zero attached hydrogens (tertiary/aromatic N) is 3. The third-order valence-electron chi connectivity index (χ3n) is 2.39. The smallest absolute Gasteiger partial charge is 0.356 e. The fourth-order valence-corrected chi connectivity index (χ4v) is 3.00. The average Bonchev–Trinajstić information content (AvgIpc) is 2.94. The number of carboxylic acid groups (broad SMARTS) is 1. The second-order valence-corrected chi connectivity index (χ2v) is 6.14. The highest BCUT2D eigenvalue weighted by molar-refractivity contribution is 9.11. The number of aryl methyl sites for hydroxylation is 1. The molecule has 0 saturated carbocycles. The van der Waals surface area contributed by atoms with E-state index in [0.717, 1.165) is 18.7 Å². The maximum absolute atomic E-state index is 10.9. The molecule has 0 unspecified atom stereocenters. The van der Waals surface area contributed by atoms with Crippen LogP contribution in [0.15, 0.2) is 16.0 Å². The molecule has 5 nitrogen and oxygen atoms in total. The third-order valence-corrected chi connectivity index (χ3v) is 4.06. The largest absolute Gasteiger partial charge is 0.476 e. The lowest BCUT2D eigenvalue weighted by Gasteiger charge is -2.00. The summed E-state index contributed by atoms with van der Waals surface area (Å²) in [4.78, 5) is 14.9. The van der Waals surface area contributed by atoms with E-state index in [2.05, 4.69) is 32.9 Å². The second-order valence-electron chi connectivity index (χ2n) is 3.79. The molecular formula is C12H12BrN3O2S. The summed E-state index contributed by atoms with van der Waals surface area (Å²) in [5.74, 6) is -1.03. The number of hydrogen-bond acceptors (Lipinski definition) is 4. The summed E-state index contributed by atoms with van der Waals surface area (Å²) in [6, 6.07) is 1.91. The van der Waals surface area contributed by atoms with Gasteiger partial charge in [-0.25, -0.2) is 9.78 Å². The van der Waals surface area contributed by atoms with E-state index in [4.69, 9.17) is 5.11 Å². The molecule has 7 heteroatoms. The Bertz CT molecular complexity index is 618. The van der Waals surface area contributed by atoms with Crippen molar-refractivity contribution < 1.29 is 9.90 Å². The van der Waals surface area contributed by atoms with Crippen LogP contribution in [0.3, 0.4) is 0 Å². The Hall–Kier alpha value is -1.47. The van der Waals surface area contributed by atoms with E-state index in [1.807, 2.05) is 16.8 Å². The standard InChI is InChI=1S/C12H12BrN3O2S/c1-2-7-16-8(5-6-14-16)3-4-9-15-10(12(17)18)11(13)19-9/h3-6H,2,7H2,1H3,(H,17,18)/b4-3+. The summed E-state index contributed by atoms with van der Waals surface area (Å²) in [6.07, 6.45) is 6.44. The molecule has 0 aromatic carbocycles. The Morgan fingerprint density at radius 3 is 3.00 bits per heavy atom. The topological polar surface area (TPSA) is 68.0 Å². The van der Waals surface area contributed by atoms with Gasteiger partial charge in [0.25, 0.3) is 0 Å². The zero-order valence-corrected chi connectivity index (χ0v) is 12.6. The van der Waals surface area contributed by atoms with Gasteiger partial charge in [0.2, 0.25) is 0 Å². The SMILES string of the molecule is CCCn1nccc1/C=C/c1nc(C(=O)O)c(Br)s1. The molecule has 0 radical (unpaired) electrons. The van der Waals surface area contributed by atoms with Gasteiger partial charge in [0.1, 0.15) is 8.79 Å². The normalized spacial score (nSPS) is 11.3. The minimum Gasteiger partial charge on any atom is -0.476 e. The van der Waals surface area contributed by atoms with Crippen LogP contribution in [0.25, 0.3) is 12.2 Å². The Kier molecular flexibility index (Phi) is 4.49. The third kappa shape index (κ3) is 3.30. The molecule has 0 fully saturated rings. The average molecular weight is 342 g/mol. The molecule has 0 atom stereocenters. The molecule has 0 aliphatic heterocycles. The van der Waals surface area contributed by atoms with Gasteiger partial charge < -0.3 is 5.11 Å². The van der Waals surface area contributed by atoms with E-state index in [-0.39, 0.29) is 5.69 Å². The fraction of sp³-hybridized carbons (Fsp3) is 0.250. The van der Waals surface area contributed by atoms with Crippen molar-refractivity contribution in [1.29, 1.82) is 0 Å². The monoisotopic (exact) mass is 341 g/mol. The molecule has 0 saturated heterocycles. The van der Waals surface area contributed by atoms with Gasteiger partial charge in [-0.05, 0) is 40.6 Å². The van der Waals surface area contributed by atoms with Crippen molar-refractivity contribution in [2.75, 3.05) is 0 Å². The zero-order chi connectivity index (χ0) is 13.8. The molecule has 2 heterocycles. The van der Waals surface area contributed by atoms with Crippen LogP contribution in [0, 0.1) is 0 Å². The van der Waals surface area contributed by atoms with E-state index in [1.54, 1.807) is 12.3 Å². The minimum absolute atomic E-state index is 0.0479. The van der Waals surface area contributed by atoms with Crippen LogP contribution in [0.5, 0.6) is 0 Å². The van der Waals surface area contributed by atoms with Crippen molar-refractivity contribution in [2.24, 2.45) is 0 Å². The quantitative estimate of drug-likeness (QED) is 0.904. The van der Waals surface area contributed by atoms with Gasteiger partial charge in [0.05, 0.1) is 5.69 Å². The van der Waals surface area contributed by atoms with E-state index >= 15 is 0 Å². The summed E-state index contributed by atoms with van der Waals surface area (Å²) in [6.45, 7) is 2.95. The lowest BCUT2D eigenvalue weighted by molar-refractivity contribution is 0.0690. The summed E-state index contributed by atoms with van der Waals surface area (Å²) in [5, 5.41) is 13.8. The highest BCUT2D eigenvalue weighted by Gasteiger charge is 2.13. The predicted molar refractivity (Wildman–Crippen MR) is 78.2 cm³/mol. The van der Waals surface area contributed by atoms with Gasteiger partial charge in [-0.3, -0.25) is 4.68 Å². The molecule has 2 aromatic heterocycles. The van der Waals surface area contributed by atoms with Crippen molar-refractivity contribution in [3.05, 3.63) is 32.4 Å². The number of halogens is 1. The van der Waals surface area contributed by atoms with Crippen LogP contribution >= 0.6 is 27.3 Å². The molecule has 0 amide bonds. The van der Waals surface area contributed by atoms with Crippen LogP contribution in [-0.2, 0) is 6.54 Å². The van der Waals surface area contributed by atoms with Crippen molar-refractivity contribution in [3.8, 4) is 0 Å². The number of thiazole rings is 1. The molecule has 100 valence electrons. The molecule has 0 bridgehead atoms. The van der Waals surface area contributed by atoms with Gasteiger partial charge in [-0.1, -0.05) is 6.92 Å². The number of carboxylic acids is 1. The highest BCUT2D eigenvalue weighted by atomic mass is 79.9. The van der Waals surface area contributed by atoms with Crippen LogP contribution in [0.1, 0.15) is 34.5 Å². The Labute approximate surface area is 122 Å². The van der Waals surface area contributed by atoms with E-state index in [9.17, 15) is 4.79 Å². The molecule has 2 aromatic rings. The Morgan fingerprint density at radius 2 is 2.37 bits per heavy atom. The van der Waals surface area contributed by atoms with Gasteiger partial charge >= 0.3 is 5.97 Å².